The van der Waals surface area contributed by atoms with Crippen LogP contribution >= 0.6 is 0 Å². The lowest BCUT2D eigenvalue weighted by Gasteiger charge is -2.23. The molecule has 1 aromatic carbocycles. The highest BCUT2D eigenvalue weighted by Gasteiger charge is 2.33. The predicted octanol–water partition coefficient (Wildman–Crippen LogP) is 3.12. The average Bonchev–Trinajstić information content (AvgIpc) is 3.65. The van der Waals surface area contributed by atoms with Gasteiger partial charge in [0.25, 0.3) is 5.56 Å². The van der Waals surface area contributed by atoms with E-state index in [0.717, 1.165) is 12.1 Å². The van der Waals surface area contributed by atoms with E-state index >= 15 is 0 Å². The summed E-state index contributed by atoms with van der Waals surface area (Å²) in [4.78, 5) is 45.4. The summed E-state index contributed by atoms with van der Waals surface area (Å²) in [5.74, 6) is 0.135. The van der Waals surface area contributed by atoms with Crippen molar-refractivity contribution in [3.8, 4) is 11.4 Å². The van der Waals surface area contributed by atoms with Crippen molar-refractivity contribution in [2.24, 2.45) is 5.92 Å². The Bertz CT molecular complexity index is 1630. The van der Waals surface area contributed by atoms with Crippen LogP contribution in [0.25, 0.3) is 22.6 Å². The molecule has 3 aromatic heterocycles. The van der Waals surface area contributed by atoms with Crippen molar-refractivity contribution in [2.45, 2.75) is 58.4 Å². The van der Waals surface area contributed by atoms with Gasteiger partial charge in [0, 0.05) is 38.2 Å². The number of H-pyrrole nitrogens is 1. The summed E-state index contributed by atoms with van der Waals surface area (Å²) in [6, 6.07) is 4.65. The number of hydrogen-bond acceptors (Lipinski definition) is 5. The highest BCUT2D eigenvalue weighted by Crippen LogP contribution is 2.32. The standard InChI is InChI=1S/C26H28F3N7O3/c1-3-9-35-24(38)21-23(34(4-2)25(35)39)33-22(32-21)17-13-31-36(14-17)19(16-11-20(37)30-12-16)10-15-5-7-18(8-6-15)26(27,28)29/h5-8,13-14,16,19H,3-4,9-12H2,1-2H3,(H,30,37)(H,32,33). The molecule has 206 valence electrons. The molecule has 0 saturated carbocycles. The largest absolute Gasteiger partial charge is 0.416 e. The molecule has 5 rings (SSSR count). The second-order valence-electron chi connectivity index (χ2n) is 9.71. The van der Waals surface area contributed by atoms with Crippen LogP contribution in [0.5, 0.6) is 0 Å². The van der Waals surface area contributed by atoms with Crippen molar-refractivity contribution in [2.75, 3.05) is 6.54 Å². The molecule has 1 aliphatic rings. The molecule has 1 saturated heterocycles. The monoisotopic (exact) mass is 543 g/mol. The third-order valence-corrected chi connectivity index (χ3v) is 7.12. The zero-order valence-corrected chi connectivity index (χ0v) is 21.5. The Kier molecular flexibility index (Phi) is 6.91. The fourth-order valence-electron chi connectivity index (χ4n) is 5.10. The first-order valence-electron chi connectivity index (χ1n) is 12.8. The molecule has 1 amide bonds. The number of fused-ring (bicyclic) bond motifs is 1. The van der Waals surface area contributed by atoms with E-state index in [4.69, 9.17) is 0 Å². The summed E-state index contributed by atoms with van der Waals surface area (Å²) in [5, 5.41) is 7.31. The van der Waals surface area contributed by atoms with Crippen molar-refractivity contribution in [1.29, 1.82) is 0 Å². The van der Waals surface area contributed by atoms with Gasteiger partial charge in [-0.2, -0.15) is 18.3 Å². The van der Waals surface area contributed by atoms with E-state index in [2.05, 4.69) is 20.4 Å². The van der Waals surface area contributed by atoms with Crippen LogP contribution in [0, 0.1) is 5.92 Å². The number of carbonyl (C=O) groups excluding carboxylic acids is 1. The number of imidazole rings is 1. The Morgan fingerprint density at radius 2 is 1.85 bits per heavy atom. The van der Waals surface area contributed by atoms with Crippen molar-refractivity contribution in [3.63, 3.8) is 0 Å². The van der Waals surface area contributed by atoms with Gasteiger partial charge in [-0.05, 0) is 37.5 Å². The first-order chi connectivity index (χ1) is 18.6. The normalized spacial score (nSPS) is 16.6. The summed E-state index contributed by atoms with van der Waals surface area (Å²) >= 11 is 0. The lowest BCUT2D eigenvalue weighted by atomic mass is 9.92. The topological polar surface area (TPSA) is 120 Å². The molecule has 4 aromatic rings. The minimum absolute atomic E-state index is 0.0945. The quantitative estimate of drug-likeness (QED) is 0.354. The van der Waals surface area contributed by atoms with E-state index in [9.17, 15) is 27.6 Å². The summed E-state index contributed by atoms with van der Waals surface area (Å²) in [7, 11) is 0. The molecule has 13 heteroatoms. The molecule has 0 spiro atoms. The van der Waals surface area contributed by atoms with Gasteiger partial charge in [-0.3, -0.25) is 23.4 Å². The summed E-state index contributed by atoms with van der Waals surface area (Å²) in [6.45, 7) is 4.73. The Labute approximate surface area is 220 Å². The number of aromatic amines is 1. The molecular weight excluding hydrogens is 515 g/mol. The van der Waals surface area contributed by atoms with Crippen LogP contribution in [-0.2, 0) is 30.5 Å². The molecule has 1 fully saturated rings. The van der Waals surface area contributed by atoms with E-state index < -0.39 is 23.0 Å². The molecule has 4 heterocycles. The Morgan fingerprint density at radius 3 is 2.46 bits per heavy atom. The van der Waals surface area contributed by atoms with Crippen LogP contribution in [0.15, 0.2) is 46.2 Å². The van der Waals surface area contributed by atoms with E-state index in [1.807, 2.05) is 6.92 Å². The number of rotatable bonds is 8. The number of carbonyl (C=O) groups is 1. The van der Waals surface area contributed by atoms with E-state index in [0.29, 0.717) is 49.4 Å². The third kappa shape index (κ3) is 5.00. The number of aryl methyl sites for hydroxylation is 1. The van der Waals surface area contributed by atoms with Crippen molar-refractivity contribution in [1.82, 2.24) is 34.2 Å². The number of aromatic nitrogens is 6. The molecule has 2 atom stereocenters. The molecule has 0 aliphatic carbocycles. The number of nitrogens with one attached hydrogen (secondary N) is 2. The van der Waals surface area contributed by atoms with Gasteiger partial charge >= 0.3 is 11.9 Å². The molecule has 1 aliphatic heterocycles. The van der Waals surface area contributed by atoms with Gasteiger partial charge in [0.15, 0.2) is 5.65 Å². The lowest BCUT2D eigenvalue weighted by molar-refractivity contribution is -0.137. The zero-order valence-electron chi connectivity index (χ0n) is 21.5. The molecule has 10 nitrogen and oxygen atoms in total. The minimum Gasteiger partial charge on any atom is -0.356 e. The smallest absolute Gasteiger partial charge is 0.356 e. The van der Waals surface area contributed by atoms with E-state index in [1.165, 1.54) is 21.3 Å². The van der Waals surface area contributed by atoms with Gasteiger partial charge in [0.2, 0.25) is 5.91 Å². The molecule has 0 bridgehead atoms. The van der Waals surface area contributed by atoms with Gasteiger partial charge in [0.05, 0.1) is 23.4 Å². The highest BCUT2D eigenvalue weighted by molar-refractivity contribution is 5.78. The van der Waals surface area contributed by atoms with Crippen LogP contribution in [-0.4, -0.2) is 41.3 Å². The Hall–Kier alpha value is -4.16. The molecule has 2 N–H and O–H groups in total. The van der Waals surface area contributed by atoms with Gasteiger partial charge < -0.3 is 10.3 Å². The number of halogens is 3. The Balaban J connectivity index is 1.51. The van der Waals surface area contributed by atoms with Crippen LogP contribution in [0.2, 0.25) is 0 Å². The predicted molar refractivity (Wildman–Crippen MR) is 137 cm³/mol. The van der Waals surface area contributed by atoms with Gasteiger partial charge in [-0.15, -0.1) is 0 Å². The molecule has 2 unspecified atom stereocenters. The maximum absolute atomic E-state index is 13.0. The molecular formula is C26H28F3N7O3. The van der Waals surface area contributed by atoms with E-state index in [-0.39, 0.29) is 35.5 Å². The summed E-state index contributed by atoms with van der Waals surface area (Å²) in [5.41, 5.74) is 0.141. The fraction of sp³-hybridized carbons (Fsp3) is 0.423. The third-order valence-electron chi connectivity index (χ3n) is 7.12. The number of alkyl halides is 3. The first-order valence-corrected chi connectivity index (χ1v) is 12.8. The van der Waals surface area contributed by atoms with Crippen molar-refractivity contribution >= 4 is 17.1 Å². The second-order valence-corrected chi connectivity index (χ2v) is 9.71. The van der Waals surface area contributed by atoms with Crippen LogP contribution in [0.3, 0.4) is 0 Å². The summed E-state index contributed by atoms with van der Waals surface area (Å²) < 4.78 is 43.4. The van der Waals surface area contributed by atoms with Crippen LogP contribution < -0.4 is 16.6 Å². The van der Waals surface area contributed by atoms with E-state index in [1.54, 1.807) is 24.0 Å². The first kappa shape index (κ1) is 26.4. The molecule has 0 radical (unpaired) electrons. The molecule has 39 heavy (non-hydrogen) atoms. The van der Waals surface area contributed by atoms with Crippen LogP contribution in [0.1, 0.15) is 43.9 Å². The van der Waals surface area contributed by atoms with Gasteiger partial charge in [-0.25, -0.2) is 9.78 Å². The average molecular weight is 544 g/mol. The fourth-order valence-corrected chi connectivity index (χ4v) is 5.10. The maximum Gasteiger partial charge on any atom is 0.416 e. The minimum atomic E-state index is -4.42. The lowest BCUT2D eigenvalue weighted by Crippen LogP contribution is -2.39. The number of nitrogens with zero attached hydrogens (tertiary/aromatic N) is 5. The maximum atomic E-state index is 13.0. The number of benzene rings is 1. The number of hydrogen-bond donors (Lipinski definition) is 2. The second kappa shape index (κ2) is 10.2. The van der Waals surface area contributed by atoms with Crippen LogP contribution in [0.4, 0.5) is 13.2 Å². The van der Waals surface area contributed by atoms with Crippen molar-refractivity contribution < 1.29 is 18.0 Å². The van der Waals surface area contributed by atoms with Gasteiger partial charge in [-0.1, -0.05) is 19.1 Å². The zero-order chi connectivity index (χ0) is 27.9. The number of amides is 1. The van der Waals surface area contributed by atoms with Gasteiger partial charge in [0.1, 0.15) is 11.3 Å². The van der Waals surface area contributed by atoms with Crippen molar-refractivity contribution in [3.05, 3.63) is 68.6 Å². The SMILES string of the molecule is CCCn1c(=O)c2[nH]c(-c3cnn(C(Cc4ccc(C(F)(F)F)cc4)C4CNC(=O)C4)c3)nc2n(CC)c1=O. The Morgan fingerprint density at radius 1 is 1.10 bits per heavy atom. The highest BCUT2D eigenvalue weighted by atomic mass is 19.4. The summed E-state index contributed by atoms with van der Waals surface area (Å²) in [6.07, 6.45) is 0.124.